The lowest BCUT2D eigenvalue weighted by Gasteiger charge is -2.08. The van der Waals surface area contributed by atoms with Gasteiger partial charge in [-0.3, -0.25) is 14.2 Å². The van der Waals surface area contributed by atoms with Gasteiger partial charge in [0.25, 0.3) is 0 Å². The Hall–Kier alpha value is -3.91. The normalized spacial score (nSPS) is 11.3. The van der Waals surface area contributed by atoms with E-state index in [1.807, 2.05) is 47.9 Å². The molecule has 8 heteroatoms. The van der Waals surface area contributed by atoms with Crippen LogP contribution in [0.5, 0.6) is 0 Å². The van der Waals surface area contributed by atoms with Crippen LogP contribution in [0.15, 0.2) is 67.3 Å². The zero-order chi connectivity index (χ0) is 24.5. The number of rotatable bonds is 6. The van der Waals surface area contributed by atoms with Crippen LogP contribution in [0.3, 0.4) is 0 Å². The molecule has 0 bridgehead atoms. The molecule has 35 heavy (non-hydrogen) atoms. The quantitative estimate of drug-likeness (QED) is 0.308. The molecule has 0 saturated heterocycles. The van der Waals surface area contributed by atoms with Crippen molar-refractivity contribution in [2.45, 2.75) is 33.1 Å². The van der Waals surface area contributed by atoms with Crippen molar-refractivity contribution >= 4 is 28.0 Å². The minimum atomic E-state index is -0.431. The Morgan fingerprint density at radius 3 is 2.60 bits per heavy atom. The van der Waals surface area contributed by atoms with Crippen LogP contribution in [0, 0.1) is 12.7 Å². The molecule has 176 valence electrons. The summed E-state index contributed by atoms with van der Waals surface area (Å²) in [7, 11) is 0. The number of pyridine rings is 2. The minimum Gasteiger partial charge on any atom is -0.302 e. The summed E-state index contributed by atoms with van der Waals surface area (Å²) in [6.07, 6.45) is 7.09. The predicted molar refractivity (Wildman–Crippen MR) is 137 cm³/mol. The van der Waals surface area contributed by atoms with Crippen molar-refractivity contribution in [3.8, 4) is 22.4 Å². The van der Waals surface area contributed by atoms with Crippen LogP contribution < -0.4 is 5.32 Å². The molecule has 0 unspecified atom stereocenters. The van der Waals surface area contributed by atoms with Crippen molar-refractivity contribution in [3.05, 3.63) is 89.2 Å². The molecule has 0 radical (unpaired) electrons. The molecular weight excluding hydrogens is 461 g/mol. The number of anilines is 1. The third-order valence-corrected chi connectivity index (χ3v) is 7.20. The van der Waals surface area contributed by atoms with Crippen LogP contribution in [-0.2, 0) is 11.2 Å². The van der Waals surface area contributed by atoms with E-state index in [4.69, 9.17) is 0 Å². The summed E-state index contributed by atoms with van der Waals surface area (Å²) >= 11 is 1.46. The zero-order valence-corrected chi connectivity index (χ0v) is 20.4. The number of halogens is 1. The molecule has 4 heterocycles. The van der Waals surface area contributed by atoms with Gasteiger partial charge in [-0.15, -0.1) is 11.3 Å². The maximum atomic E-state index is 15.0. The molecule has 0 spiro atoms. The van der Waals surface area contributed by atoms with Gasteiger partial charge in [0.2, 0.25) is 5.91 Å². The van der Waals surface area contributed by atoms with Gasteiger partial charge in [-0.25, -0.2) is 14.4 Å². The van der Waals surface area contributed by atoms with Gasteiger partial charge in [-0.1, -0.05) is 26.0 Å². The topological polar surface area (TPSA) is 72.2 Å². The molecule has 6 nitrogen and oxygen atoms in total. The second-order valence-electron chi connectivity index (χ2n) is 8.68. The molecule has 5 rings (SSSR count). The second-order valence-corrected chi connectivity index (χ2v) is 9.71. The number of hydrogen-bond donors (Lipinski definition) is 1. The Labute approximate surface area is 206 Å². The summed E-state index contributed by atoms with van der Waals surface area (Å²) in [6.45, 7) is 6.11. The highest BCUT2D eigenvalue weighted by Crippen LogP contribution is 2.30. The highest BCUT2D eigenvalue weighted by molar-refractivity contribution is 7.16. The number of thiazole rings is 1. The van der Waals surface area contributed by atoms with Gasteiger partial charge < -0.3 is 5.32 Å². The molecule has 5 aromatic rings. The maximum Gasteiger partial charge on any atom is 0.230 e. The molecule has 1 aromatic carbocycles. The molecule has 0 saturated carbocycles. The third-order valence-electron chi connectivity index (χ3n) is 5.83. The molecule has 0 aliphatic carbocycles. The van der Waals surface area contributed by atoms with E-state index in [1.54, 1.807) is 24.7 Å². The van der Waals surface area contributed by atoms with Crippen LogP contribution in [0.25, 0.3) is 28.0 Å². The van der Waals surface area contributed by atoms with Crippen LogP contribution >= 0.6 is 11.3 Å². The summed E-state index contributed by atoms with van der Waals surface area (Å²) in [4.78, 5) is 26.6. The van der Waals surface area contributed by atoms with E-state index in [2.05, 4.69) is 34.1 Å². The fraction of sp³-hybridized carbons (Fsp3) is 0.185. The zero-order valence-electron chi connectivity index (χ0n) is 19.6. The van der Waals surface area contributed by atoms with Crippen molar-refractivity contribution in [2.75, 3.05) is 5.32 Å². The van der Waals surface area contributed by atoms with Gasteiger partial charge in [0.05, 0.1) is 24.0 Å². The molecule has 1 N–H and O–H groups in total. The lowest BCUT2D eigenvalue weighted by atomic mass is 10.1. The van der Waals surface area contributed by atoms with Crippen molar-refractivity contribution in [1.29, 1.82) is 0 Å². The number of carbonyl (C=O) groups is 1. The number of amides is 1. The lowest BCUT2D eigenvalue weighted by molar-refractivity contribution is -0.115. The molecule has 4 aromatic heterocycles. The average molecular weight is 486 g/mol. The summed E-state index contributed by atoms with van der Waals surface area (Å²) in [5.41, 5.74) is 5.55. The fourth-order valence-electron chi connectivity index (χ4n) is 4.10. The van der Waals surface area contributed by atoms with Crippen LogP contribution in [0.2, 0.25) is 0 Å². The van der Waals surface area contributed by atoms with E-state index in [0.717, 1.165) is 33.0 Å². The number of carbonyl (C=O) groups excluding carboxylic acids is 1. The van der Waals surface area contributed by atoms with Crippen molar-refractivity contribution in [1.82, 2.24) is 19.4 Å². The van der Waals surface area contributed by atoms with Gasteiger partial charge in [0, 0.05) is 29.0 Å². The Bertz CT molecular complexity index is 1520. The van der Waals surface area contributed by atoms with Gasteiger partial charge >= 0.3 is 0 Å². The Morgan fingerprint density at radius 1 is 1.09 bits per heavy atom. The van der Waals surface area contributed by atoms with Gasteiger partial charge in [-0.2, -0.15) is 0 Å². The van der Waals surface area contributed by atoms with Gasteiger partial charge in [-0.05, 0) is 59.9 Å². The number of hydrogen-bond acceptors (Lipinski definition) is 5. The Balaban J connectivity index is 1.34. The molecule has 1 amide bonds. The highest BCUT2D eigenvalue weighted by atomic mass is 32.1. The molecule has 0 fully saturated rings. The number of aromatic nitrogens is 4. The first-order chi connectivity index (χ1) is 16.9. The number of fused-ring (bicyclic) bond motifs is 1. The van der Waals surface area contributed by atoms with Crippen LogP contribution in [0.1, 0.15) is 35.9 Å². The largest absolute Gasteiger partial charge is 0.302 e. The summed E-state index contributed by atoms with van der Waals surface area (Å²) < 4.78 is 16.9. The summed E-state index contributed by atoms with van der Waals surface area (Å²) in [5, 5.41) is 3.35. The minimum absolute atomic E-state index is 0.0653. The average Bonchev–Trinajstić information content (AvgIpc) is 3.43. The standard InChI is InChI=1S/C27H24FN5OS/c1-16(2)26-17(3)31-27(35-26)32-25(34)14-20-4-5-21(12-22(20)28)23-15-30-24-13-19(8-11-33(23)24)18-6-9-29-10-7-18/h4-13,15-16H,14H2,1-3H3,(H,31,32,34). The third kappa shape index (κ3) is 4.70. The number of imidazole rings is 1. The molecule has 0 aliphatic rings. The molecular formula is C27H24FN5OS. The fourth-order valence-corrected chi connectivity index (χ4v) is 5.09. The smallest absolute Gasteiger partial charge is 0.230 e. The van der Waals surface area contributed by atoms with E-state index in [0.29, 0.717) is 22.2 Å². The summed E-state index contributed by atoms with van der Waals surface area (Å²) in [6, 6.07) is 12.8. The number of aryl methyl sites for hydroxylation is 1. The van der Waals surface area contributed by atoms with Crippen LogP contribution in [-0.4, -0.2) is 25.3 Å². The highest BCUT2D eigenvalue weighted by Gasteiger charge is 2.16. The monoisotopic (exact) mass is 485 g/mol. The SMILES string of the molecule is Cc1nc(NC(=O)Cc2ccc(-c3cnc4cc(-c5ccncc5)ccn34)cc2F)sc1C(C)C. The van der Waals surface area contributed by atoms with Crippen molar-refractivity contribution in [2.24, 2.45) is 0 Å². The molecule has 0 aliphatic heterocycles. The second kappa shape index (κ2) is 9.38. The first kappa shape index (κ1) is 22.9. The van der Waals surface area contributed by atoms with Crippen molar-refractivity contribution < 1.29 is 9.18 Å². The lowest BCUT2D eigenvalue weighted by Crippen LogP contribution is -2.15. The van der Waals surface area contributed by atoms with E-state index in [-0.39, 0.29) is 12.3 Å². The van der Waals surface area contributed by atoms with E-state index in [9.17, 15) is 9.18 Å². The first-order valence-electron chi connectivity index (χ1n) is 11.3. The predicted octanol–water partition coefficient (Wildman–Crippen LogP) is 6.27. The Morgan fingerprint density at radius 2 is 1.89 bits per heavy atom. The number of nitrogens with one attached hydrogen (secondary N) is 1. The van der Waals surface area contributed by atoms with E-state index >= 15 is 0 Å². The summed E-state index contributed by atoms with van der Waals surface area (Å²) in [5.74, 6) is -0.386. The number of nitrogens with zero attached hydrogens (tertiary/aromatic N) is 4. The van der Waals surface area contributed by atoms with E-state index < -0.39 is 5.82 Å². The van der Waals surface area contributed by atoms with Crippen molar-refractivity contribution in [3.63, 3.8) is 0 Å². The van der Waals surface area contributed by atoms with E-state index in [1.165, 1.54) is 17.4 Å². The van der Waals surface area contributed by atoms with Gasteiger partial charge in [0.1, 0.15) is 11.5 Å². The Kier molecular flexibility index (Phi) is 6.13. The van der Waals surface area contributed by atoms with Crippen LogP contribution in [0.4, 0.5) is 9.52 Å². The van der Waals surface area contributed by atoms with Gasteiger partial charge in [0.15, 0.2) is 5.13 Å². The maximum absolute atomic E-state index is 15.0. The molecule has 0 atom stereocenters. The first-order valence-corrected chi connectivity index (χ1v) is 12.1. The number of benzene rings is 1.